The molecule has 2 aliphatic rings. The van der Waals surface area contributed by atoms with E-state index in [1.54, 1.807) is 34.8 Å². The first-order valence-electron chi connectivity index (χ1n) is 22.8. The van der Waals surface area contributed by atoms with Crippen LogP contribution in [-0.4, -0.2) is 97.6 Å². The SMILES string of the molecule is COC(=O)C[C@@H]1N=C(c2ccc(Nc3ccc(OCC(=O)NC(C(=O)N4C[C@H](O)C[C@H]4C(=O)N[C@@H](C)c4ccc(-c5scnc5C)cc4)C(C)(C)C)cc3)cc2)c2c(sc(C)c2C)-n2c(C)nnc21. The number of aliphatic hydroxyl groups excluding tert-OH is 1. The van der Waals surface area contributed by atoms with Gasteiger partial charge in [-0.2, -0.15) is 0 Å². The minimum Gasteiger partial charge on any atom is -0.484 e. The number of hydrogen-bond acceptors (Lipinski definition) is 14. The lowest BCUT2D eigenvalue weighted by Crippen LogP contribution is -2.58. The summed E-state index contributed by atoms with van der Waals surface area (Å²) in [6.07, 6.45) is -0.799. The molecule has 8 rings (SSSR count). The fourth-order valence-electron chi connectivity index (χ4n) is 8.65. The Balaban J connectivity index is 0.879. The highest BCUT2D eigenvalue weighted by Gasteiger charge is 2.45. The molecule has 5 atom stereocenters. The molecule has 0 radical (unpaired) electrons. The normalized spacial score (nSPS) is 17.4. The number of esters is 1. The van der Waals surface area contributed by atoms with Crippen LogP contribution in [0.5, 0.6) is 5.75 Å². The number of carbonyl (C=O) groups is 4. The van der Waals surface area contributed by atoms with Crippen molar-refractivity contribution in [3.05, 3.63) is 123 Å². The largest absolute Gasteiger partial charge is 0.484 e. The molecular formula is C51H57N9O7S2. The fraction of sp³-hybridized carbons (Fsp3) is 0.373. The Labute approximate surface area is 409 Å². The number of thiazole rings is 1. The van der Waals surface area contributed by atoms with Gasteiger partial charge in [-0.15, -0.1) is 32.9 Å². The molecule has 6 aromatic rings. The number of aryl methyl sites for hydroxylation is 3. The Kier molecular flexibility index (Phi) is 14.2. The van der Waals surface area contributed by atoms with E-state index in [9.17, 15) is 24.3 Å². The van der Waals surface area contributed by atoms with Crippen molar-refractivity contribution in [2.45, 2.75) is 98.5 Å². The van der Waals surface area contributed by atoms with Crippen molar-refractivity contribution >= 4 is 63.5 Å². The smallest absolute Gasteiger partial charge is 0.308 e. The van der Waals surface area contributed by atoms with Crippen LogP contribution in [0.2, 0.25) is 0 Å². The number of rotatable bonds is 14. The zero-order valence-electron chi connectivity index (χ0n) is 40.1. The van der Waals surface area contributed by atoms with Crippen LogP contribution < -0.4 is 20.7 Å². The average Bonchev–Trinajstić information content (AvgIpc) is 4.09. The number of ether oxygens (including phenoxy) is 2. The zero-order valence-corrected chi connectivity index (χ0v) is 41.8. The standard InChI is InChI=1S/C51H57N9O7S2/c1-27-30(4)69-50-43(27)44(55-39(23-42(63)66-9)47-58-57-31(5)60(47)50)33-14-16-35(17-15-33)54-36-18-20-38(21-19-36)67-25-41(62)56-46(51(6,7)8)49(65)59-24-37(61)22-40(59)48(64)53-28(2)32-10-12-34(13-11-32)45-29(3)52-26-68-45/h10-21,26,28,37,39-40,46,54,61H,22-25H2,1-9H3,(H,53,64)(H,56,62)/t28-,37+,39-,40-,46?/m0/s1. The molecule has 1 unspecified atom stereocenters. The van der Waals surface area contributed by atoms with Gasteiger partial charge < -0.3 is 35.4 Å². The molecule has 18 heteroatoms. The topological polar surface area (TPSA) is 202 Å². The molecule has 0 bridgehead atoms. The number of aromatic nitrogens is 4. The third-order valence-corrected chi connectivity index (χ3v) is 14.7. The molecular weight excluding hydrogens is 915 g/mol. The second kappa shape index (κ2) is 20.1. The van der Waals surface area contributed by atoms with Crippen molar-refractivity contribution in [3.8, 4) is 21.2 Å². The van der Waals surface area contributed by atoms with Crippen LogP contribution in [0.25, 0.3) is 15.4 Å². The Hall–Kier alpha value is -6.76. The van der Waals surface area contributed by atoms with E-state index in [1.807, 2.05) is 112 Å². The molecule has 0 saturated carbocycles. The summed E-state index contributed by atoms with van der Waals surface area (Å²) in [5.74, 6) is 0.00799. The summed E-state index contributed by atoms with van der Waals surface area (Å²) in [6.45, 7) is 15.0. The van der Waals surface area contributed by atoms with Crippen molar-refractivity contribution in [3.63, 3.8) is 0 Å². The number of nitrogens with zero attached hydrogens (tertiary/aromatic N) is 6. The number of thiophene rings is 1. The monoisotopic (exact) mass is 971 g/mol. The van der Waals surface area contributed by atoms with Crippen molar-refractivity contribution < 1.29 is 33.8 Å². The van der Waals surface area contributed by atoms with Crippen LogP contribution in [0.3, 0.4) is 0 Å². The number of aliphatic imine (C=N–C) groups is 1. The lowest BCUT2D eigenvalue weighted by Gasteiger charge is -2.35. The van der Waals surface area contributed by atoms with Gasteiger partial charge in [0.15, 0.2) is 12.4 Å². The molecule has 3 aromatic carbocycles. The molecule has 0 spiro atoms. The first-order chi connectivity index (χ1) is 32.9. The van der Waals surface area contributed by atoms with Crippen LogP contribution in [0.15, 0.2) is 83.3 Å². The maximum atomic E-state index is 14.2. The van der Waals surface area contributed by atoms with Gasteiger partial charge in [-0.25, -0.2) is 4.98 Å². The van der Waals surface area contributed by atoms with Crippen molar-refractivity contribution in [1.82, 2.24) is 35.3 Å². The van der Waals surface area contributed by atoms with Crippen LogP contribution in [0.1, 0.15) is 97.1 Å². The number of anilines is 2. The van der Waals surface area contributed by atoms with Crippen molar-refractivity contribution in [1.29, 1.82) is 0 Å². The van der Waals surface area contributed by atoms with Crippen LogP contribution in [-0.2, 0) is 23.9 Å². The minimum atomic E-state index is -1.01. The number of aliphatic hydroxyl groups is 1. The molecule has 4 N–H and O–H groups in total. The number of carbonyl (C=O) groups excluding carboxylic acids is 4. The number of hydrogen-bond donors (Lipinski definition) is 4. The number of methoxy groups -OCH3 is 1. The molecule has 69 heavy (non-hydrogen) atoms. The quantitative estimate of drug-likeness (QED) is 0.0782. The van der Waals surface area contributed by atoms with Gasteiger partial charge in [0.2, 0.25) is 11.8 Å². The van der Waals surface area contributed by atoms with Gasteiger partial charge in [-0.3, -0.25) is 28.7 Å². The first-order valence-corrected chi connectivity index (χ1v) is 24.5. The number of fused-ring (bicyclic) bond motifs is 3. The third kappa shape index (κ3) is 10.5. The number of β-amino-alcohol motifs (C(OH)–C–C–N with tert-alkyl or cyclic N) is 1. The number of amides is 3. The Morgan fingerprint density at radius 2 is 1.57 bits per heavy atom. The van der Waals surface area contributed by atoms with E-state index in [1.165, 1.54) is 12.0 Å². The Bertz CT molecular complexity index is 2900. The van der Waals surface area contributed by atoms with Gasteiger partial charge in [-0.1, -0.05) is 57.2 Å². The summed E-state index contributed by atoms with van der Waals surface area (Å²) in [6, 6.07) is 20.1. The minimum absolute atomic E-state index is 0.0190. The second-order valence-electron chi connectivity index (χ2n) is 18.6. The van der Waals surface area contributed by atoms with Crippen molar-refractivity contribution in [2.75, 3.05) is 25.6 Å². The van der Waals surface area contributed by atoms with Gasteiger partial charge in [0.05, 0.1) is 47.5 Å². The molecule has 5 heterocycles. The highest BCUT2D eigenvalue weighted by Crippen LogP contribution is 2.40. The van der Waals surface area contributed by atoms with Gasteiger partial charge in [0.1, 0.15) is 34.7 Å². The van der Waals surface area contributed by atoms with Gasteiger partial charge in [0.25, 0.3) is 5.91 Å². The fourth-order valence-corrected chi connectivity index (χ4v) is 10.7. The molecule has 0 aliphatic carbocycles. The Morgan fingerprint density at radius 3 is 2.20 bits per heavy atom. The lowest BCUT2D eigenvalue weighted by atomic mass is 9.85. The number of nitrogens with one attached hydrogen (secondary N) is 3. The number of benzene rings is 3. The van der Waals surface area contributed by atoms with Crippen LogP contribution >= 0.6 is 22.7 Å². The number of likely N-dealkylation sites (tertiary alicyclic amines) is 1. The molecule has 360 valence electrons. The van der Waals surface area contributed by atoms with Gasteiger partial charge in [-0.05, 0) is 93.1 Å². The van der Waals surface area contributed by atoms with E-state index in [2.05, 4.69) is 45.0 Å². The summed E-state index contributed by atoms with van der Waals surface area (Å²) in [4.78, 5) is 67.0. The predicted octanol–water partition coefficient (Wildman–Crippen LogP) is 7.63. The van der Waals surface area contributed by atoms with E-state index in [4.69, 9.17) is 14.5 Å². The maximum Gasteiger partial charge on any atom is 0.308 e. The van der Waals surface area contributed by atoms with Crippen molar-refractivity contribution in [2.24, 2.45) is 10.4 Å². The predicted molar refractivity (Wildman–Crippen MR) is 266 cm³/mol. The van der Waals surface area contributed by atoms with Crippen LogP contribution in [0, 0.1) is 33.1 Å². The molecule has 1 saturated heterocycles. The molecule has 3 amide bonds. The van der Waals surface area contributed by atoms with E-state index < -0.39 is 47.4 Å². The summed E-state index contributed by atoms with van der Waals surface area (Å²) in [5, 5.41) is 29.7. The first kappa shape index (κ1) is 48.7. The molecule has 2 aliphatic heterocycles. The summed E-state index contributed by atoms with van der Waals surface area (Å²) in [5.41, 5.74) is 9.29. The highest BCUT2D eigenvalue weighted by molar-refractivity contribution is 7.15. The van der Waals surface area contributed by atoms with E-state index >= 15 is 0 Å². The van der Waals surface area contributed by atoms with Gasteiger partial charge in [0, 0.05) is 40.3 Å². The second-order valence-corrected chi connectivity index (χ2v) is 20.6. The third-order valence-electron chi connectivity index (χ3n) is 12.6. The highest BCUT2D eigenvalue weighted by atomic mass is 32.1. The van der Waals surface area contributed by atoms with E-state index in [0.29, 0.717) is 17.4 Å². The van der Waals surface area contributed by atoms with Crippen LogP contribution in [0.4, 0.5) is 11.4 Å². The van der Waals surface area contributed by atoms with E-state index in [0.717, 1.165) is 65.4 Å². The Morgan fingerprint density at radius 1 is 0.899 bits per heavy atom. The molecule has 1 fully saturated rings. The lowest BCUT2D eigenvalue weighted by molar-refractivity contribution is -0.144. The zero-order chi connectivity index (χ0) is 49.3. The van der Waals surface area contributed by atoms with Gasteiger partial charge >= 0.3 is 5.97 Å². The average molecular weight is 972 g/mol. The van der Waals surface area contributed by atoms with E-state index in [-0.39, 0.29) is 37.9 Å². The summed E-state index contributed by atoms with van der Waals surface area (Å²) in [7, 11) is 1.36. The molecule has 16 nitrogen and oxygen atoms in total. The maximum absolute atomic E-state index is 14.2. The summed E-state index contributed by atoms with van der Waals surface area (Å²) < 4.78 is 12.9. The molecule has 3 aromatic heterocycles. The summed E-state index contributed by atoms with van der Waals surface area (Å²) >= 11 is 3.21.